The van der Waals surface area contributed by atoms with Gasteiger partial charge in [0, 0.05) is 6.04 Å². The van der Waals surface area contributed by atoms with Crippen LogP contribution >= 0.6 is 0 Å². The maximum absolute atomic E-state index is 11.6. The molecule has 0 amide bonds. The summed E-state index contributed by atoms with van der Waals surface area (Å²) in [6.45, 7) is 7.74. The zero-order valence-corrected chi connectivity index (χ0v) is 13.8. The average molecular weight is 284 g/mol. The Balaban J connectivity index is 2.54. The maximum Gasteiger partial charge on any atom is 0.324 e. The van der Waals surface area contributed by atoms with Crippen LogP contribution in [0.2, 0.25) is 0 Å². The molecule has 0 heterocycles. The fourth-order valence-electron chi connectivity index (χ4n) is 3.63. The van der Waals surface area contributed by atoms with Gasteiger partial charge >= 0.3 is 5.97 Å². The molecule has 0 aromatic carbocycles. The third kappa shape index (κ3) is 3.95. The first kappa shape index (κ1) is 17.4. The summed E-state index contributed by atoms with van der Waals surface area (Å²) in [6, 6.07) is 0.560. The lowest BCUT2D eigenvalue weighted by molar-refractivity contribution is -0.146. The molecule has 1 saturated carbocycles. The second-order valence-corrected chi connectivity index (χ2v) is 6.86. The minimum Gasteiger partial charge on any atom is -0.480 e. The lowest BCUT2D eigenvalue weighted by Crippen LogP contribution is -2.53. The van der Waals surface area contributed by atoms with E-state index in [0.717, 1.165) is 32.2 Å². The van der Waals surface area contributed by atoms with Gasteiger partial charge in [-0.05, 0) is 65.1 Å². The largest absolute Gasteiger partial charge is 0.480 e. The first-order valence-corrected chi connectivity index (χ1v) is 7.96. The third-order valence-corrected chi connectivity index (χ3v) is 5.04. The van der Waals surface area contributed by atoms with Gasteiger partial charge in [0.2, 0.25) is 0 Å². The fourth-order valence-corrected chi connectivity index (χ4v) is 3.63. The van der Waals surface area contributed by atoms with Crippen molar-refractivity contribution in [2.75, 3.05) is 20.6 Å². The molecule has 0 spiro atoms. The Hall–Kier alpha value is -0.610. The molecule has 0 bridgehead atoms. The predicted octanol–water partition coefficient (Wildman–Crippen LogP) is 2.59. The van der Waals surface area contributed by atoms with Gasteiger partial charge in [0.15, 0.2) is 0 Å². The van der Waals surface area contributed by atoms with Crippen molar-refractivity contribution in [1.82, 2.24) is 10.2 Å². The predicted molar refractivity (Wildman–Crippen MR) is 82.9 cm³/mol. The van der Waals surface area contributed by atoms with E-state index < -0.39 is 11.5 Å². The van der Waals surface area contributed by atoms with Crippen LogP contribution in [-0.2, 0) is 4.79 Å². The SMILES string of the molecule is CNC1(C(=O)O)CCCC1CCN(C)C(C)CC(C)C. The second-order valence-electron chi connectivity index (χ2n) is 6.86. The van der Waals surface area contributed by atoms with Gasteiger partial charge in [-0.1, -0.05) is 20.3 Å². The molecule has 118 valence electrons. The monoisotopic (exact) mass is 284 g/mol. The molecule has 0 aliphatic heterocycles. The van der Waals surface area contributed by atoms with Crippen molar-refractivity contribution in [2.45, 2.75) is 64.5 Å². The van der Waals surface area contributed by atoms with Gasteiger partial charge < -0.3 is 15.3 Å². The van der Waals surface area contributed by atoms with Crippen molar-refractivity contribution in [3.05, 3.63) is 0 Å². The van der Waals surface area contributed by atoms with Crippen molar-refractivity contribution >= 4 is 5.97 Å². The number of aliphatic carboxylic acids is 1. The molecule has 3 unspecified atom stereocenters. The molecule has 0 aromatic heterocycles. The van der Waals surface area contributed by atoms with E-state index in [1.54, 1.807) is 7.05 Å². The topological polar surface area (TPSA) is 52.6 Å². The fraction of sp³-hybridized carbons (Fsp3) is 0.938. The summed E-state index contributed by atoms with van der Waals surface area (Å²) in [7, 11) is 3.95. The number of carboxylic acid groups (broad SMARTS) is 1. The highest BCUT2D eigenvalue weighted by atomic mass is 16.4. The van der Waals surface area contributed by atoms with Gasteiger partial charge in [-0.25, -0.2) is 0 Å². The first-order valence-electron chi connectivity index (χ1n) is 7.96. The van der Waals surface area contributed by atoms with E-state index in [0.29, 0.717) is 12.0 Å². The highest BCUT2D eigenvalue weighted by Crippen LogP contribution is 2.38. The molecule has 3 atom stereocenters. The molecule has 1 rings (SSSR count). The van der Waals surface area contributed by atoms with Crippen LogP contribution in [0.5, 0.6) is 0 Å². The molecule has 0 radical (unpaired) electrons. The molecule has 0 aromatic rings. The number of nitrogens with one attached hydrogen (secondary N) is 1. The Morgan fingerprint density at radius 2 is 2.10 bits per heavy atom. The molecule has 0 saturated heterocycles. The Morgan fingerprint density at radius 3 is 2.60 bits per heavy atom. The zero-order valence-electron chi connectivity index (χ0n) is 13.8. The molecule has 1 aliphatic rings. The average Bonchev–Trinajstić information content (AvgIpc) is 2.79. The molecular formula is C16H32N2O2. The maximum atomic E-state index is 11.6. The molecule has 4 nitrogen and oxygen atoms in total. The van der Waals surface area contributed by atoms with Gasteiger partial charge in [0.25, 0.3) is 0 Å². The van der Waals surface area contributed by atoms with E-state index in [-0.39, 0.29) is 5.92 Å². The second kappa shape index (κ2) is 7.41. The summed E-state index contributed by atoms with van der Waals surface area (Å²) in [5, 5.41) is 12.6. The lowest BCUT2D eigenvalue weighted by Gasteiger charge is -2.33. The summed E-state index contributed by atoms with van der Waals surface area (Å²) in [4.78, 5) is 14.0. The Bertz CT molecular complexity index is 320. The van der Waals surface area contributed by atoms with Crippen molar-refractivity contribution in [1.29, 1.82) is 0 Å². The number of likely N-dealkylation sites (N-methyl/N-ethyl adjacent to an activating group) is 1. The highest BCUT2D eigenvalue weighted by molar-refractivity contribution is 5.79. The minimum absolute atomic E-state index is 0.249. The standard InChI is InChI=1S/C16H32N2O2/c1-12(2)11-13(3)18(5)10-8-14-7-6-9-16(14,17-4)15(19)20/h12-14,17H,6-11H2,1-5H3,(H,19,20). The van der Waals surface area contributed by atoms with E-state index in [1.165, 1.54) is 6.42 Å². The highest BCUT2D eigenvalue weighted by Gasteiger charge is 2.47. The van der Waals surface area contributed by atoms with Crippen LogP contribution in [0.4, 0.5) is 0 Å². The van der Waals surface area contributed by atoms with Crippen molar-refractivity contribution < 1.29 is 9.90 Å². The van der Waals surface area contributed by atoms with Crippen molar-refractivity contribution in [3.8, 4) is 0 Å². The smallest absolute Gasteiger partial charge is 0.324 e. The number of hydrogen-bond acceptors (Lipinski definition) is 3. The zero-order chi connectivity index (χ0) is 15.3. The summed E-state index contributed by atoms with van der Waals surface area (Å²) >= 11 is 0. The number of carbonyl (C=O) groups is 1. The van der Waals surface area contributed by atoms with Crippen LogP contribution in [-0.4, -0.2) is 48.2 Å². The van der Waals surface area contributed by atoms with Crippen LogP contribution in [0.15, 0.2) is 0 Å². The lowest BCUT2D eigenvalue weighted by atomic mass is 9.84. The summed E-state index contributed by atoms with van der Waals surface area (Å²) in [5.41, 5.74) is -0.692. The molecule has 2 N–H and O–H groups in total. The van der Waals surface area contributed by atoms with Crippen LogP contribution in [0, 0.1) is 11.8 Å². The molecule has 4 heteroatoms. The van der Waals surface area contributed by atoms with Crippen molar-refractivity contribution in [3.63, 3.8) is 0 Å². The van der Waals surface area contributed by atoms with E-state index in [9.17, 15) is 9.90 Å². The number of nitrogens with zero attached hydrogens (tertiary/aromatic N) is 1. The van der Waals surface area contributed by atoms with E-state index in [1.807, 2.05) is 0 Å². The van der Waals surface area contributed by atoms with Crippen LogP contribution in [0.3, 0.4) is 0 Å². The van der Waals surface area contributed by atoms with Gasteiger partial charge in [0.1, 0.15) is 5.54 Å². The van der Waals surface area contributed by atoms with Gasteiger partial charge in [0.05, 0.1) is 0 Å². The first-order chi connectivity index (χ1) is 9.33. The number of carboxylic acids is 1. The summed E-state index contributed by atoms with van der Waals surface area (Å²) in [6.07, 6.45) is 4.96. The number of hydrogen-bond donors (Lipinski definition) is 2. The number of rotatable bonds is 8. The molecule has 1 fully saturated rings. The Kier molecular flexibility index (Phi) is 6.46. The van der Waals surface area contributed by atoms with Crippen LogP contribution in [0.25, 0.3) is 0 Å². The van der Waals surface area contributed by atoms with Crippen LogP contribution in [0.1, 0.15) is 52.9 Å². The van der Waals surface area contributed by atoms with E-state index in [2.05, 4.69) is 38.0 Å². The third-order valence-electron chi connectivity index (χ3n) is 5.04. The molecular weight excluding hydrogens is 252 g/mol. The molecule has 20 heavy (non-hydrogen) atoms. The van der Waals surface area contributed by atoms with Gasteiger partial charge in [-0.2, -0.15) is 0 Å². The summed E-state index contributed by atoms with van der Waals surface area (Å²) < 4.78 is 0. The van der Waals surface area contributed by atoms with E-state index in [4.69, 9.17) is 0 Å². The normalized spacial score (nSPS) is 28.2. The van der Waals surface area contributed by atoms with E-state index >= 15 is 0 Å². The van der Waals surface area contributed by atoms with Crippen molar-refractivity contribution in [2.24, 2.45) is 11.8 Å². The quantitative estimate of drug-likeness (QED) is 0.719. The minimum atomic E-state index is -0.692. The van der Waals surface area contributed by atoms with Gasteiger partial charge in [-0.15, -0.1) is 0 Å². The van der Waals surface area contributed by atoms with Gasteiger partial charge in [-0.3, -0.25) is 4.79 Å². The molecule has 1 aliphatic carbocycles. The summed E-state index contributed by atoms with van der Waals surface area (Å²) in [5.74, 6) is 0.272. The Morgan fingerprint density at radius 1 is 1.45 bits per heavy atom. The van der Waals surface area contributed by atoms with Crippen LogP contribution < -0.4 is 5.32 Å². The Labute approximate surface area is 123 Å².